The Morgan fingerprint density at radius 1 is 1.26 bits per heavy atom. The van der Waals surface area contributed by atoms with Crippen molar-refractivity contribution in [2.24, 2.45) is 0 Å². The molecule has 0 aromatic heterocycles. The summed E-state index contributed by atoms with van der Waals surface area (Å²) in [4.78, 5) is 51.2. The van der Waals surface area contributed by atoms with Crippen molar-refractivity contribution in [2.75, 3.05) is 45.3 Å². The summed E-state index contributed by atoms with van der Waals surface area (Å²) in [6.07, 6.45) is 0.392. The molecular formula is C20H27N5O6. The number of nitrogens with zero attached hydrogens (tertiary/aromatic N) is 2. The molecule has 0 bridgehead atoms. The highest BCUT2D eigenvalue weighted by Gasteiger charge is 2.47. The Morgan fingerprint density at radius 2 is 1.97 bits per heavy atom. The largest absolute Gasteiger partial charge is 0.495 e. The average Bonchev–Trinajstić information content (AvgIpc) is 3.01. The molecule has 2 heterocycles. The Kier molecular flexibility index (Phi) is 6.64. The number of hydrazine groups is 1. The van der Waals surface area contributed by atoms with Crippen LogP contribution in [0.2, 0.25) is 0 Å². The smallest absolute Gasteiger partial charge is 0.344 e. The number of anilines is 1. The van der Waals surface area contributed by atoms with Crippen molar-refractivity contribution in [1.82, 2.24) is 20.7 Å². The summed E-state index contributed by atoms with van der Waals surface area (Å²) in [7, 11) is 1.48. The number of methoxy groups -OCH3 is 1. The van der Waals surface area contributed by atoms with Crippen LogP contribution >= 0.6 is 0 Å². The minimum Gasteiger partial charge on any atom is -0.495 e. The van der Waals surface area contributed by atoms with E-state index in [1.807, 2.05) is 0 Å². The first-order chi connectivity index (χ1) is 14.8. The van der Waals surface area contributed by atoms with Gasteiger partial charge in [-0.3, -0.25) is 19.8 Å². The molecule has 2 saturated heterocycles. The van der Waals surface area contributed by atoms with Crippen molar-refractivity contribution < 1.29 is 28.7 Å². The second-order valence-electron chi connectivity index (χ2n) is 7.46. The molecule has 1 atom stereocenters. The highest BCUT2D eigenvalue weighted by Crippen LogP contribution is 2.26. The second-order valence-corrected chi connectivity index (χ2v) is 7.46. The minimum atomic E-state index is -1.05. The number of benzene rings is 1. The van der Waals surface area contributed by atoms with Crippen LogP contribution in [0.25, 0.3) is 0 Å². The number of carbonyl (C=O) groups excluding carboxylic acids is 4. The van der Waals surface area contributed by atoms with Gasteiger partial charge in [0, 0.05) is 18.7 Å². The van der Waals surface area contributed by atoms with Gasteiger partial charge >= 0.3 is 6.03 Å². The van der Waals surface area contributed by atoms with Crippen LogP contribution in [-0.4, -0.2) is 79.2 Å². The Labute approximate surface area is 180 Å². The van der Waals surface area contributed by atoms with Crippen LogP contribution in [0.4, 0.5) is 10.5 Å². The van der Waals surface area contributed by atoms with Gasteiger partial charge in [-0.2, -0.15) is 5.01 Å². The monoisotopic (exact) mass is 433 g/mol. The summed E-state index contributed by atoms with van der Waals surface area (Å²) >= 11 is 0. The highest BCUT2D eigenvalue weighted by molar-refractivity contribution is 6.07. The maximum atomic E-state index is 12.7. The first kappa shape index (κ1) is 22.3. The zero-order chi connectivity index (χ0) is 22.6. The maximum absolute atomic E-state index is 12.7. The van der Waals surface area contributed by atoms with Crippen LogP contribution in [-0.2, 0) is 14.3 Å². The Hall–Kier alpha value is -3.34. The van der Waals surface area contributed by atoms with Crippen molar-refractivity contribution >= 4 is 29.4 Å². The predicted octanol–water partition coefficient (Wildman–Crippen LogP) is 0.331. The van der Waals surface area contributed by atoms with E-state index in [9.17, 15) is 19.2 Å². The van der Waals surface area contributed by atoms with E-state index in [0.717, 1.165) is 0 Å². The third-order valence-corrected chi connectivity index (χ3v) is 5.39. The van der Waals surface area contributed by atoms with Crippen molar-refractivity contribution in [3.63, 3.8) is 0 Å². The topological polar surface area (TPSA) is 129 Å². The van der Waals surface area contributed by atoms with Gasteiger partial charge in [0.05, 0.1) is 32.6 Å². The first-order valence-corrected chi connectivity index (χ1v) is 10.0. The fourth-order valence-corrected chi connectivity index (χ4v) is 3.29. The van der Waals surface area contributed by atoms with E-state index in [2.05, 4.69) is 16.1 Å². The molecule has 0 saturated carbocycles. The normalized spacial score (nSPS) is 21.0. The molecule has 5 amide bonds. The molecule has 0 aliphatic carbocycles. The number of amides is 5. The SMILES string of the molecule is CCC1(C)NC(=O)N(NC(=O)CNc2cc(C(=O)N3CCOCC3)ccc2OC)C1=O. The molecular weight excluding hydrogens is 406 g/mol. The van der Waals surface area contributed by atoms with Gasteiger partial charge in [-0.15, -0.1) is 0 Å². The third kappa shape index (κ3) is 4.71. The van der Waals surface area contributed by atoms with Gasteiger partial charge in [0.2, 0.25) is 0 Å². The lowest BCUT2D eigenvalue weighted by Crippen LogP contribution is -2.50. The molecule has 1 aromatic carbocycles. The number of nitrogens with one attached hydrogen (secondary N) is 3. The molecule has 11 nitrogen and oxygen atoms in total. The third-order valence-electron chi connectivity index (χ3n) is 5.39. The second kappa shape index (κ2) is 9.21. The zero-order valence-corrected chi connectivity index (χ0v) is 17.8. The fourth-order valence-electron chi connectivity index (χ4n) is 3.29. The minimum absolute atomic E-state index is 0.142. The number of ether oxygens (including phenoxy) is 2. The molecule has 2 aliphatic rings. The summed E-state index contributed by atoms with van der Waals surface area (Å²) in [5.74, 6) is -0.823. The number of imide groups is 1. The van der Waals surface area contributed by atoms with E-state index in [4.69, 9.17) is 9.47 Å². The maximum Gasteiger partial charge on any atom is 0.344 e. The van der Waals surface area contributed by atoms with Crippen LogP contribution in [0.15, 0.2) is 18.2 Å². The number of rotatable bonds is 7. The standard InChI is InChI=1S/C20H27N5O6/c1-4-20(2)18(28)25(19(29)22-20)23-16(26)12-21-14-11-13(5-6-15(14)30-3)17(27)24-7-9-31-10-8-24/h5-6,11,21H,4,7-10,12H2,1-3H3,(H,22,29)(H,23,26). The van der Waals surface area contributed by atoms with Gasteiger partial charge in [0.1, 0.15) is 11.3 Å². The molecule has 31 heavy (non-hydrogen) atoms. The molecule has 2 aliphatic heterocycles. The molecule has 3 rings (SSSR count). The quantitative estimate of drug-likeness (QED) is 0.529. The first-order valence-electron chi connectivity index (χ1n) is 10.0. The number of hydrogen-bond acceptors (Lipinski definition) is 7. The van der Waals surface area contributed by atoms with Crippen LogP contribution in [0, 0.1) is 0 Å². The molecule has 2 fully saturated rings. The van der Waals surface area contributed by atoms with E-state index in [-0.39, 0.29) is 12.5 Å². The van der Waals surface area contributed by atoms with Crippen LogP contribution < -0.4 is 20.8 Å². The van der Waals surface area contributed by atoms with E-state index in [0.29, 0.717) is 54.7 Å². The summed E-state index contributed by atoms with van der Waals surface area (Å²) in [5, 5.41) is 6.14. The summed E-state index contributed by atoms with van der Waals surface area (Å²) in [6.45, 7) is 5.13. The van der Waals surface area contributed by atoms with Crippen molar-refractivity contribution in [3.05, 3.63) is 23.8 Å². The molecule has 11 heteroatoms. The zero-order valence-electron chi connectivity index (χ0n) is 17.8. The van der Waals surface area contributed by atoms with Gasteiger partial charge in [0.15, 0.2) is 0 Å². The number of hydrogen-bond donors (Lipinski definition) is 3. The van der Waals surface area contributed by atoms with Crippen molar-refractivity contribution in [3.8, 4) is 5.75 Å². The number of carbonyl (C=O) groups is 4. The van der Waals surface area contributed by atoms with E-state index in [1.54, 1.807) is 36.9 Å². The lowest BCUT2D eigenvalue weighted by atomic mass is 10.00. The molecule has 3 N–H and O–H groups in total. The van der Waals surface area contributed by atoms with Gasteiger partial charge in [-0.05, 0) is 31.5 Å². The summed E-state index contributed by atoms with van der Waals surface area (Å²) in [5.41, 5.74) is 2.14. The van der Waals surface area contributed by atoms with Crippen LogP contribution in [0.3, 0.4) is 0 Å². The Balaban J connectivity index is 1.65. The molecule has 0 spiro atoms. The van der Waals surface area contributed by atoms with E-state index < -0.39 is 23.4 Å². The average molecular weight is 433 g/mol. The lowest BCUT2D eigenvalue weighted by Gasteiger charge is -2.27. The Bertz CT molecular complexity index is 885. The molecule has 1 aromatic rings. The lowest BCUT2D eigenvalue weighted by molar-refractivity contribution is -0.138. The van der Waals surface area contributed by atoms with Crippen molar-refractivity contribution in [2.45, 2.75) is 25.8 Å². The van der Waals surface area contributed by atoms with Gasteiger partial charge in [-0.1, -0.05) is 6.92 Å². The van der Waals surface area contributed by atoms with Crippen molar-refractivity contribution in [1.29, 1.82) is 0 Å². The molecule has 0 radical (unpaired) electrons. The number of morpholine rings is 1. The van der Waals surface area contributed by atoms with Gasteiger partial charge in [-0.25, -0.2) is 4.79 Å². The Morgan fingerprint density at radius 3 is 2.58 bits per heavy atom. The summed E-state index contributed by atoms with van der Waals surface area (Å²) < 4.78 is 10.6. The van der Waals surface area contributed by atoms with Crippen LogP contribution in [0.5, 0.6) is 5.75 Å². The highest BCUT2D eigenvalue weighted by atomic mass is 16.5. The molecule has 1 unspecified atom stereocenters. The number of urea groups is 1. The van der Waals surface area contributed by atoms with E-state index in [1.165, 1.54) is 7.11 Å². The van der Waals surface area contributed by atoms with Gasteiger partial charge in [0.25, 0.3) is 17.7 Å². The predicted molar refractivity (Wildman–Crippen MR) is 110 cm³/mol. The van der Waals surface area contributed by atoms with Crippen LogP contribution in [0.1, 0.15) is 30.6 Å². The van der Waals surface area contributed by atoms with Gasteiger partial charge < -0.3 is 25.0 Å². The molecule has 168 valence electrons. The summed E-state index contributed by atoms with van der Waals surface area (Å²) in [6, 6.07) is 4.21. The van der Waals surface area contributed by atoms with E-state index >= 15 is 0 Å². The fraction of sp³-hybridized carbons (Fsp3) is 0.500.